The second-order valence-corrected chi connectivity index (χ2v) is 13.5. The Labute approximate surface area is 315 Å². The molecule has 0 saturated carbocycles. The van der Waals surface area contributed by atoms with Crippen LogP contribution in [0.15, 0.2) is 36.4 Å². The summed E-state index contributed by atoms with van der Waals surface area (Å²) in [6.45, 7) is 2.48. The van der Waals surface area contributed by atoms with Gasteiger partial charge in [-0.15, -0.1) is 0 Å². The quantitative estimate of drug-likeness (QED) is 0.175. The Kier molecular flexibility index (Phi) is 12.0. The Balaban J connectivity index is 2.33. The lowest BCUT2D eigenvalue weighted by Crippen LogP contribution is -2.69. The molecule has 0 spiro atoms. The zero-order valence-corrected chi connectivity index (χ0v) is 28.6. The fraction of sp³-hybridized carbons (Fsp3) is 0.581. The number of aliphatic carboxylic acids is 1. The molecule has 3 nitrogen and oxygen atoms in total. The number of nitrogens with one attached hydrogen (secondary N) is 1. The first-order valence-electron chi connectivity index (χ1n) is 15.5. The molecule has 1 aliphatic rings. The van der Waals surface area contributed by atoms with Crippen LogP contribution in [-0.2, 0) is 16.6 Å². The summed E-state index contributed by atoms with van der Waals surface area (Å²) in [6.07, 6.45) is -16.2. The zero-order valence-electron chi connectivity index (χ0n) is 28.6. The van der Waals surface area contributed by atoms with Crippen LogP contribution in [0.3, 0.4) is 0 Å². The lowest BCUT2D eigenvalue weighted by atomic mass is 9.89. The van der Waals surface area contributed by atoms with Crippen molar-refractivity contribution in [2.75, 3.05) is 0 Å². The van der Waals surface area contributed by atoms with Gasteiger partial charge in [-0.25, -0.2) is 0 Å². The van der Waals surface area contributed by atoms with Crippen LogP contribution in [0.4, 0.5) is 114 Å². The van der Waals surface area contributed by atoms with Gasteiger partial charge in [0.05, 0.1) is 6.04 Å². The maximum absolute atomic E-state index is 15.2. The molecule has 0 fully saturated rings. The SMILES string of the molecule is CC(C)C[C@H](NC1c2cc(C(F)(F)C(F)(F)C(F)(F)C(F)(F)C(F)(F)C(F)(F)F)ccc2-c2ccc(C(F)(F)C(F)(F)C(F)(F)C(F)(F)C(F)(F)C(F)(F)F)cc21)C(=O)O. The monoisotopic (exact) mass is 931 g/mol. The summed E-state index contributed by atoms with van der Waals surface area (Å²) in [6, 6.07) is -6.70. The minimum absolute atomic E-state index is 0.0222. The number of hydrogen-bond donors (Lipinski definition) is 2. The van der Waals surface area contributed by atoms with Crippen LogP contribution in [0.2, 0.25) is 0 Å². The summed E-state index contributed by atoms with van der Waals surface area (Å²) in [4.78, 5) is 12.0. The summed E-state index contributed by atoms with van der Waals surface area (Å²) >= 11 is 0. The third-order valence-electron chi connectivity index (χ3n) is 8.98. The normalized spacial score (nSPS) is 16.6. The molecule has 2 aromatic carbocycles. The molecule has 60 heavy (non-hydrogen) atoms. The van der Waals surface area contributed by atoms with E-state index >= 15 is 17.6 Å². The maximum atomic E-state index is 15.2. The minimum atomic E-state index is -8.37. The smallest absolute Gasteiger partial charge is 0.460 e. The zero-order chi connectivity index (χ0) is 47.4. The molecule has 29 heteroatoms. The van der Waals surface area contributed by atoms with Gasteiger partial charge in [-0.05, 0) is 46.7 Å². The van der Waals surface area contributed by atoms with Crippen LogP contribution < -0.4 is 5.32 Å². The number of benzene rings is 2. The van der Waals surface area contributed by atoms with Gasteiger partial charge in [0.1, 0.15) is 6.04 Å². The van der Waals surface area contributed by atoms with Crippen molar-refractivity contribution in [2.45, 2.75) is 104 Å². The van der Waals surface area contributed by atoms with Gasteiger partial charge >= 0.3 is 77.5 Å². The number of alkyl halides is 26. The fourth-order valence-corrected chi connectivity index (χ4v) is 5.65. The van der Waals surface area contributed by atoms with Crippen LogP contribution in [0.25, 0.3) is 11.1 Å². The molecule has 0 radical (unpaired) electrons. The largest absolute Gasteiger partial charge is 0.480 e. The van der Waals surface area contributed by atoms with Crippen molar-refractivity contribution in [3.8, 4) is 11.1 Å². The molecule has 2 N–H and O–H groups in total. The summed E-state index contributed by atoms with van der Waals surface area (Å²) in [7, 11) is 0. The van der Waals surface area contributed by atoms with Gasteiger partial charge in [-0.1, -0.05) is 38.1 Å². The van der Waals surface area contributed by atoms with Crippen LogP contribution in [-0.4, -0.2) is 76.9 Å². The molecular weight excluding hydrogens is 912 g/mol. The van der Waals surface area contributed by atoms with Gasteiger partial charge in [-0.3, -0.25) is 10.1 Å². The van der Waals surface area contributed by atoms with Crippen molar-refractivity contribution >= 4 is 5.97 Å². The molecule has 0 heterocycles. The molecular formula is C31H19F26NO2. The Bertz CT molecular complexity index is 1820. The average molecular weight is 931 g/mol. The molecule has 0 aliphatic heterocycles. The Morgan fingerprint density at radius 1 is 0.500 bits per heavy atom. The highest BCUT2D eigenvalue weighted by molar-refractivity contribution is 5.80. The first kappa shape index (κ1) is 50.4. The van der Waals surface area contributed by atoms with Crippen LogP contribution >= 0.6 is 0 Å². The van der Waals surface area contributed by atoms with Gasteiger partial charge in [-0.2, -0.15) is 114 Å². The summed E-state index contributed by atoms with van der Waals surface area (Å²) in [5.41, 5.74) is -9.89. The van der Waals surface area contributed by atoms with Gasteiger partial charge in [0, 0.05) is 11.1 Å². The molecule has 342 valence electrons. The van der Waals surface area contributed by atoms with Crippen molar-refractivity contribution < 1.29 is 124 Å². The van der Waals surface area contributed by atoms with E-state index in [2.05, 4.69) is 0 Å². The second kappa shape index (κ2) is 14.3. The average Bonchev–Trinajstić information content (AvgIpc) is 3.37. The van der Waals surface area contributed by atoms with E-state index in [4.69, 9.17) is 0 Å². The number of carbonyl (C=O) groups is 1. The van der Waals surface area contributed by atoms with E-state index in [0.29, 0.717) is 0 Å². The van der Waals surface area contributed by atoms with Crippen molar-refractivity contribution in [1.82, 2.24) is 5.32 Å². The number of rotatable bonds is 15. The van der Waals surface area contributed by atoms with E-state index in [0.717, 1.165) is 0 Å². The van der Waals surface area contributed by atoms with Crippen LogP contribution in [0.1, 0.15) is 48.6 Å². The highest BCUT2D eigenvalue weighted by atomic mass is 19.4. The molecule has 0 saturated heterocycles. The lowest BCUT2D eigenvalue weighted by Gasteiger charge is -2.40. The predicted octanol–water partition coefficient (Wildman–Crippen LogP) is 12.2. The van der Waals surface area contributed by atoms with Gasteiger partial charge < -0.3 is 5.11 Å². The Morgan fingerprint density at radius 3 is 1.03 bits per heavy atom. The second-order valence-electron chi connectivity index (χ2n) is 13.5. The lowest BCUT2D eigenvalue weighted by molar-refractivity contribution is -0.441. The van der Waals surface area contributed by atoms with E-state index in [1.54, 1.807) is 0 Å². The Hall–Kier alpha value is -3.95. The highest BCUT2D eigenvalue weighted by Crippen LogP contribution is 2.64. The van der Waals surface area contributed by atoms with Crippen LogP contribution in [0.5, 0.6) is 0 Å². The number of fused-ring (bicyclic) bond motifs is 3. The molecule has 1 atom stereocenters. The summed E-state index contributed by atoms with van der Waals surface area (Å²) in [5.74, 6) is -82.5. The van der Waals surface area contributed by atoms with Gasteiger partial charge in [0.25, 0.3) is 0 Å². The number of hydrogen-bond acceptors (Lipinski definition) is 2. The van der Waals surface area contributed by atoms with E-state index in [1.165, 1.54) is 13.8 Å². The predicted molar refractivity (Wildman–Crippen MR) is 147 cm³/mol. The first-order valence-corrected chi connectivity index (χ1v) is 15.5. The number of carboxylic acids is 1. The molecule has 0 aromatic heterocycles. The number of carboxylic acid groups (broad SMARTS) is 1. The summed E-state index contributed by atoms with van der Waals surface area (Å²) in [5, 5.41) is 11.6. The Morgan fingerprint density at radius 2 is 0.783 bits per heavy atom. The van der Waals surface area contributed by atoms with Gasteiger partial charge in [0.2, 0.25) is 0 Å². The maximum Gasteiger partial charge on any atom is 0.460 e. The fourth-order valence-electron chi connectivity index (χ4n) is 5.65. The number of halogens is 26. The minimum Gasteiger partial charge on any atom is -0.480 e. The molecule has 0 bridgehead atoms. The third-order valence-corrected chi connectivity index (χ3v) is 8.98. The molecule has 0 unspecified atom stereocenters. The molecule has 0 amide bonds. The van der Waals surface area contributed by atoms with Crippen LogP contribution in [0, 0.1) is 5.92 Å². The van der Waals surface area contributed by atoms with E-state index < -0.39 is 160 Å². The van der Waals surface area contributed by atoms with E-state index in [1.807, 2.05) is 5.32 Å². The van der Waals surface area contributed by atoms with E-state index in [-0.39, 0.29) is 12.1 Å². The standard InChI is InChI=1S/C31H19F26NO2/c1-10(2)7-17(19(59)60)58-18-15-8-11(20(32,33)22(36,37)24(40,41)26(44,45)28(48,49)30(52,53)54)3-5-13(15)14-6-4-12(9-16(14)18)21(34,35)23(38,39)25(42,43)27(46,47)29(50,51)31(55,56)57/h3-6,8-10,17-18,58H,7H2,1-2H3,(H,59,60)/t17-/m0/s1. The highest BCUT2D eigenvalue weighted by Gasteiger charge is 2.92. The van der Waals surface area contributed by atoms with Crippen molar-refractivity contribution in [3.05, 3.63) is 58.7 Å². The van der Waals surface area contributed by atoms with E-state index in [9.17, 15) is 106 Å². The van der Waals surface area contributed by atoms with Crippen molar-refractivity contribution in [1.29, 1.82) is 0 Å². The summed E-state index contributed by atoms with van der Waals surface area (Å²) < 4.78 is 361. The van der Waals surface area contributed by atoms with Crippen molar-refractivity contribution in [3.63, 3.8) is 0 Å². The topological polar surface area (TPSA) is 49.3 Å². The molecule has 2 aromatic rings. The third kappa shape index (κ3) is 6.94. The van der Waals surface area contributed by atoms with Crippen molar-refractivity contribution in [2.24, 2.45) is 5.92 Å². The first-order chi connectivity index (χ1) is 26.3. The molecule has 3 rings (SSSR count). The molecule has 1 aliphatic carbocycles. The van der Waals surface area contributed by atoms with Gasteiger partial charge in [0.15, 0.2) is 0 Å².